The van der Waals surface area contributed by atoms with Crippen molar-refractivity contribution in [1.82, 2.24) is 4.98 Å². The van der Waals surface area contributed by atoms with Gasteiger partial charge in [0.1, 0.15) is 0 Å². The first-order valence-corrected chi connectivity index (χ1v) is 7.79. The summed E-state index contributed by atoms with van der Waals surface area (Å²) in [6, 6.07) is 18.9. The Labute approximate surface area is 142 Å². The van der Waals surface area contributed by atoms with Gasteiger partial charge in [0.15, 0.2) is 0 Å². The van der Waals surface area contributed by atoms with Crippen LogP contribution in [0.2, 0.25) is 5.02 Å². The Morgan fingerprint density at radius 3 is 2.67 bits per heavy atom. The van der Waals surface area contributed by atoms with Crippen LogP contribution < -0.4 is 5.56 Å². The monoisotopic (exact) mass is 330 g/mol. The molecule has 114 valence electrons. The van der Waals surface area contributed by atoms with Gasteiger partial charge in [-0.25, -0.2) is 0 Å². The average molecular weight is 331 g/mol. The Hall–Kier alpha value is -3.09. The lowest BCUT2D eigenvalue weighted by Gasteiger charge is -2.09. The number of halogens is 1. The van der Waals surface area contributed by atoms with E-state index in [4.69, 9.17) is 16.9 Å². The second kappa shape index (κ2) is 5.52. The number of fused-ring (bicyclic) bond motifs is 3. The van der Waals surface area contributed by atoms with Crippen LogP contribution in [0.5, 0.6) is 0 Å². The maximum Gasteiger partial charge on any atom is 0.256 e. The van der Waals surface area contributed by atoms with Gasteiger partial charge in [-0.05, 0) is 46.0 Å². The zero-order valence-electron chi connectivity index (χ0n) is 12.5. The van der Waals surface area contributed by atoms with Gasteiger partial charge < -0.3 is 4.98 Å². The van der Waals surface area contributed by atoms with Crippen LogP contribution in [-0.4, -0.2) is 4.98 Å². The minimum Gasteiger partial charge on any atom is -0.328 e. The van der Waals surface area contributed by atoms with Gasteiger partial charge in [0.05, 0.1) is 17.0 Å². The van der Waals surface area contributed by atoms with Crippen molar-refractivity contribution in [3.8, 4) is 17.2 Å². The van der Waals surface area contributed by atoms with Gasteiger partial charge in [0.25, 0.3) is 5.56 Å². The molecule has 0 saturated heterocycles. The average Bonchev–Trinajstić information content (AvgIpc) is 2.61. The maximum absolute atomic E-state index is 12.5. The molecule has 4 aromatic rings. The quantitative estimate of drug-likeness (QED) is 0.506. The fourth-order valence-electron chi connectivity index (χ4n) is 3.04. The second-order valence-electron chi connectivity index (χ2n) is 5.58. The van der Waals surface area contributed by atoms with Crippen LogP contribution >= 0.6 is 11.6 Å². The number of aromatic amines is 1. The van der Waals surface area contributed by atoms with Crippen molar-refractivity contribution in [1.29, 1.82) is 5.26 Å². The van der Waals surface area contributed by atoms with E-state index in [9.17, 15) is 4.79 Å². The third-order valence-electron chi connectivity index (χ3n) is 4.15. The van der Waals surface area contributed by atoms with E-state index in [1.807, 2.05) is 48.5 Å². The molecule has 0 radical (unpaired) electrons. The van der Waals surface area contributed by atoms with Gasteiger partial charge >= 0.3 is 0 Å². The highest BCUT2D eigenvalue weighted by Crippen LogP contribution is 2.32. The number of rotatable bonds is 1. The van der Waals surface area contributed by atoms with Crippen LogP contribution in [0.3, 0.4) is 0 Å². The lowest BCUT2D eigenvalue weighted by atomic mass is 9.96. The third kappa shape index (κ3) is 2.25. The molecule has 0 unspecified atom stereocenters. The molecule has 1 aromatic heterocycles. The molecule has 24 heavy (non-hydrogen) atoms. The van der Waals surface area contributed by atoms with E-state index in [-0.39, 0.29) is 5.56 Å². The topological polar surface area (TPSA) is 56.6 Å². The predicted molar refractivity (Wildman–Crippen MR) is 97.2 cm³/mol. The Morgan fingerprint density at radius 2 is 1.83 bits per heavy atom. The number of nitrogens with one attached hydrogen (secondary N) is 1. The smallest absolute Gasteiger partial charge is 0.256 e. The van der Waals surface area contributed by atoms with Crippen molar-refractivity contribution in [2.75, 3.05) is 0 Å². The molecule has 0 atom stereocenters. The van der Waals surface area contributed by atoms with Crippen molar-refractivity contribution < 1.29 is 0 Å². The van der Waals surface area contributed by atoms with Gasteiger partial charge in [0.2, 0.25) is 0 Å². The molecular formula is C20H11ClN2O. The molecule has 0 amide bonds. The molecule has 3 aromatic carbocycles. The highest BCUT2D eigenvalue weighted by molar-refractivity contribution is 6.32. The number of nitriles is 1. The fraction of sp³-hybridized carbons (Fsp3) is 0. The van der Waals surface area contributed by atoms with Gasteiger partial charge in [-0.1, -0.05) is 41.9 Å². The maximum atomic E-state index is 12.5. The summed E-state index contributed by atoms with van der Waals surface area (Å²) < 4.78 is 0. The van der Waals surface area contributed by atoms with E-state index >= 15 is 0 Å². The highest BCUT2D eigenvalue weighted by atomic mass is 35.5. The zero-order chi connectivity index (χ0) is 16.7. The molecule has 4 heteroatoms. The zero-order valence-corrected chi connectivity index (χ0v) is 13.3. The van der Waals surface area contributed by atoms with Crippen LogP contribution in [0.1, 0.15) is 5.56 Å². The van der Waals surface area contributed by atoms with Crippen molar-refractivity contribution >= 4 is 33.1 Å². The van der Waals surface area contributed by atoms with E-state index < -0.39 is 0 Å². The minimum atomic E-state index is -0.155. The summed E-state index contributed by atoms with van der Waals surface area (Å²) in [4.78, 5) is 15.3. The molecule has 4 rings (SSSR count). The van der Waals surface area contributed by atoms with E-state index in [1.165, 1.54) is 0 Å². The van der Waals surface area contributed by atoms with E-state index in [1.54, 1.807) is 12.3 Å². The summed E-state index contributed by atoms with van der Waals surface area (Å²) in [6.45, 7) is 0. The number of nitrogens with zero attached hydrogens (tertiary/aromatic N) is 1. The van der Waals surface area contributed by atoms with Crippen LogP contribution in [0.4, 0.5) is 0 Å². The summed E-state index contributed by atoms with van der Waals surface area (Å²) in [6.07, 6.45) is 1.69. The van der Waals surface area contributed by atoms with Crippen molar-refractivity contribution in [2.24, 2.45) is 0 Å². The SMILES string of the molecule is N#Cc1cccc(-c2c[nH]c(=O)c3c2ccc2ccc(Cl)cc23)c1. The number of H-pyrrole nitrogens is 1. The van der Waals surface area contributed by atoms with Gasteiger partial charge in [-0.2, -0.15) is 5.26 Å². The first kappa shape index (κ1) is 14.5. The van der Waals surface area contributed by atoms with E-state index in [0.29, 0.717) is 16.0 Å². The Bertz CT molecular complexity index is 1200. The van der Waals surface area contributed by atoms with Crippen LogP contribution in [0.25, 0.3) is 32.7 Å². The van der Waals surface area contributed by atoms with Crippen molar-refractivity contribution in [2.45, 2.75) is 0 Å². The number of aromatic nitrogens is 1. The van der Waals surface area contributed by atoms with Crippen LogP contribution in [-0.2, 0) is 0 Å². The van der Waals surface area contributed by atoms with Crippen molar-refractivity contribution in [3.05, 3.63) is 81.7 Å². The molecule has 0 saturated carbocycles. The lowest BCUT2D eigenvalue weighted by molar-refractivity contribution is 1.28. The van der Waals surface area contributed by atoms with Gasteiger partial charge in [0, 0.05) is 16.8 Å². The summed E-state index contributed by atoms with van der Waals surface area (Å²) in [5, 5.41) is 12.9. The summed E-state index contributed by atoms with van der Waals surface area (Å²) in [5.74, 6) is 0. The minimum absolute atomic E-state index is 0.155. The molecule has 0 aliphatic rings. The van der Waals surface area contributed by atoms with Crippen LogP contribution in [0, 0.1) is 11.3 Å². The molecule has 1 N–H and O–H groups in total. The lowest BCUT2D eigenvalue weighted by Crippen LogP contribution is -2.06. The predicted octanol–water partition coefficient (Wildman–Crippen LogP) is 4.87. The molecule has 0 fully saturated rings. The Balaban J connectivity index is 2.14. The molecule has 3 nitrogen and oxygen atoms in total. The number of benzene rings is 3. The summed E-state index contributed by atoms with van der Waals surface area (Å²) in [5.41, 5.74) is 2.19. The Kier molecular flexibility index (Phi) is 3.34. The van der Waals surface area contributed by atoms with Crippen LogP contribution in [0.15, 0.2) is 65.6 Å². The molecule has 0 spiro atoms. The normalized spacial score (nSPS) is 10.8. The largest absolute Gasteiger partial charge is 0.328 e. The first-order valence-electron chi connectivity index (χ1n) is 7.41. The standard InChI is InChI=1S/C20H11ClN2O/c21-15-6-4-13-5-7-16-18(14-3-1-2-12(8-14)10-22)11-23-20(24)19(16)17(13)9-15/h1-9,11H,(H,23,24). The van der Waals surface area contributed by atoms with Crippen molar-refractivity contribution in [3.63, 3.8) is 0 Å². The molecule has 0 bridgehead atoms. The number of hydrogen-bond acceptors (Lipinski definition) is 2. The number of hydrogen-bond donors (Lipinski definition) is 1. The first-order chi connectivity index (χ1) is 11.7. The molecular weight excluding hydrogens is 320 g/mol. The highest BCUT2D eigenvalue weighted by Gasteiger charge is 2.11. The summed E-state index contributed by atoms with van der Waals surface area (Å²) >= 11 is 6.12. The Morgan fingerprint density at radius 1 is 1.00 bits per heavy atom. The van der Waals surface area contributed by atoms with Gasteiger partial charge in [-0.3, -0.25) is 4.79 Å². The van der Waals surface area contributed by atoms with E-state index in [2.05, 4.69) is 11.1 Å². The van der Waals surface area contributed by atoms with E-state index in [0.717, 1.165) is 27.3 Å². The third-order valence-corrected chi connectivity index (χ3v) is 4.39. The number of pyridine rings is 1. The molecule has 0 aliphatic carbocycles. The molecule has 1 heterocycles. The van der Waals surface area contributed by atoms with Gasteiger partial charge in [-0.15, -0.1) is 0 Å². The second-order valence-corrected chi connectivity index (χ2v) is 6.01. The fourth-order valence-corrected chi connectivity index (χ4v) is 3.22. The molecule has 0 aliphatic heterocycles. The summed E-state index contributed by atoms with van der Waals surface area (Å²) in [7, 11) is 0.